The van der Waals surface area contributed by atoms with Crippen LogP contribution in [0.2, 0.25) is 0 Å². The molecule has 1 aliphatic rings. The average Bonchev–Trinajstić information content (AvgIpc) is 2.26. The smallest absolute Gasteiger partial charge is 0.347 e. The Bertz CT molecular complexity index is 507. The zero-order chi connectivity index (χ0) is 14.5. The Labute approximate surface area is 102 Å². The van der Waals surface area contributed by atoms with Gasteiger partial charge in [-0.3, -0.25) is 4.79 Å². The van der Waals surface area contributed by atoms with Crippen LogP contribution >= 0.6 is 0 Å². The maximum atomic E-state index is 12.8. The fourth-order valence-electron chi connectivity index (χ4n) is 1.71. The molecule has 0 atom stereocenters. The second-order valence-electron chi connectivity index (χ2n) is 3.87. The SMILES string of the molecule is O=C1NC(C(F)(F)F)(C(F)(F)F)Nc2ccccc21. The number of alkyl halides is 6. The van der Waals surface area contributed by atoms with E-state index in [4.69, 9.17) is 0 Å². The van der Waals surface area contributed by atoms with E-state index in [0.29, 0.717) is 0 Å². The molecule has 1 heterocycles. The Hall–Kier alpha value is -1.93. The molecule has 1 aliphatic heterocycles. The third-order valence-corrected chi connectivity index (χ3v) is 2.65. The molecule has 0 spiro atoms. The van der Waals surface area contributed by atoms with Crippen LogP contribution < -0.4 is 10.6 Å². The number of halogens is 6. The second kappa shape index (κ2) is 3.78. The van der Waals surface area contributed by atoms with E-state index in [1.807, 2.05) is 0 Å². The number of hydrogen-bond acceptors (Lipinski definition) is 2. The summed E-state index contributed by atoms with van der Waals surface area (Å²) in [6.45, 7) is 0. The molecule has 0 unspecified atom stereocenters. The number of para-hydroxylation sites is 1. The van der Waals surface area contributed by atoms with E-state index < -0.39 is 29.6 Å². The molecule has 1 aromatic rings. The van der Waals surface area contributed by atoms with Gasteiger partial charge in [-0.15, -0.1) is 0 Å². The first-order valence-corrected chi connectivity index (χ1v) is 4.92. The van der Waals surface area contributed by atoms with Crippen LogP contribution in [0.25, 0.3) is 0 Å². The van der Waals surface area contributed by atoms with Crippen LogP contribution in [-0.4, -0.2) is 23.9 Å². The monoisotopic (exact) mass is 284 g/mol. The highest BCUT2D eigenvalue weighted by atomic mass is 19.4. The molecule has 0 saturated heterocycles. The van der Waals surface area contributed by atoms with Crippen molar-refractivity contribution in [2.45, 2.75) is 18.0 Å². The number of nitrogens with one attached hydrogen (secondary N) is 2. The Morgan fingerprint density at radius 3 is 1.95 bits per heavy atom. The third-order valence-electron chi connectivity index (χ3n) is 2.65. The van der Waals surface area contributed by atoms with E-state index in [1.54, 1.807) is 0 Å². The predicted octanol–water partition coefficient (Wildman–Crippen LogP) is 2.66. The topological polar surface area (TPSA) is 41.1 Å². The number of carbonyl (C=O) groups is 1. The third kappa shape index (κ3) is 1.89. The van der Waals surface area contributed by atoms with Crippen molar-refractivity contribution in [1.29, 1.82) is 0 Å². The standard InChI is InChI=1S/C10H6F6N2O/c11-9(12,13)8(10(14,15)16)17-6-4-2-1-3-5(6)7(19)18-8/h1-4,17H,(H,18,19). The fourth-order valence-corrected chi connectivity index (χ4v) is 1.71. The number of fused-ring (bicyclic) bond motifs is 1. The number of hydrogen-bond donors (Lipinski definition) is 2. The zero-order valence-electron chi connectivity index (χ0n) is 8.99. The summed E-state index contributed by atoms with van der Waals surface area (Å²) in [7, 11) is 0. The number of rotatable bonds is 0. The van der Waals surface area contributed by atoms with Crippen molar-refractivity contribution in [2.75, 3.05) is 5.32 Å². The van der Waals surface area contributed by atoms with Gasteiger partial charge in [0, 0.05) is 5.69 Å². The molecule has 0 radical (unpaired) electrons. The van der Waals surface area contributed by atoms with Gasteiger partial charge in [-0.25, -0.2) is 0 Å². The van der Waals surface area contributed by atoms with Crippen molar-refractivity contribution in [1.82, 2.24) is 5.32 Å². The largest absolute Gasteiger partial charge is 0.439 e. The van der Waals surface area contributed by atoms with Crippen LogP contribution in [0.1, 0.15) is 10.4 Å². The lowest BCUT2D eigenvalue weighted by atomic mass is 10.0. The first-order chi connectivity index (χ1) is 8.58. The summed E-state index contributed by atoms with van der Waals surface area (Å²) < 4.78 is 76.6. The molecule has 1 aromatic carbocycles. The van der Waals surface area contributed by atoms with Crippen molar-refractivity contribution in [3.05, 3.63) is 29.8 Å². The minimum absolute atomic E-state index is 0.286. The van der Waals surface area contributed by atoms with Gasteiger partial charge in [0.2, 0.25) is 0 Å². The Morgan fingerprint density at radius 2 is 1.42 bits per heavy atom. The normalized spacial score (nSPS) is 18.3. The van der Waals surface area contributed by atoms with E-state index in [9.17, 15) is 31.1 Å². The van der Waals surface area contributed by atoms with Gasteiger partial charge in [-0.05, 0) is 12.1 Å². The summed E-state index contributed by atoms with van der Waals surface area (Å²) in [5.74, 6) is -1.44. The van der Waals surface area contributed by atoms with Crippen LogP contribution in [0.15, 0.2) is 24.3 Å². The lowest BCUT2D eigenvalue weighted by molar-refractivity contribution is -0.294. The molecule has 3 nitrogen and oxygen atoms in total. The van der Waals surface area contributed by atoms with E-state index in [0.717, 1.165) is 17.4 Å². The van der Waals surface area contributed by atoms with Gasteiger partial charge < -0.3 is 10.6 Å². The van der Waals surface area contributed by atoms with Gasteiger partial charge in [0.05, 0.1) is 5.56 Å². The van der Waals surface area contributed by atoms with Gasteiger partial charge in [-0.1, -0.05) is 12.1 Å². The molecule has 0 bridgehead atoms. The van der Waals surface area contributed by atoms with Crippen LogP contribution in [0, 0.1) is 0 Å². The molecule has 0 fully saturated rings. The summed E-state index contributed by atoms with van der Waals surface area (Å²) in [5, 5.41) is 2.30. The Balaban J connectivity index is 2.60. The van der Waals surface area contributed by atoms with Crippen LogP contribution in [0.5, 0.6) is 0 Å². The highest BCUT2D eigenvalue weighted by molar-refractivity contribution is 6.02. The summed E-state index contributed by atoms with van der Waals surface area (Å²) in [5.41, 5.74) is -5.29. The van der Waals surface area contributed by atoms with Gasteiger partial charge in [0.25, 0.3) is 5.91 Å². The van der Waals surface area contributed by atoms with E-state index in [1.165, 1.54) is 17.4 Å². The fraction of sp³-hybridized carbons (Fsp3) is 0.300. The van der Waals surface area contributed by atoms with Crippen molar-refractivity contribution in [3.8, 4) is 0 Å². The van der Waals surface area contributed by atoms with Crippen LogP contribution in [0.3, 0.4) is 0 Å². The molecular formula is C10H6F6N2O. The van der Waals surface area contributed by atoms with Gasteiger partial charge >= 0.3 is 18.0 Å². The molecule has 1 amide bonds. The first-order valence-electron chi connectivity index (χ1n) is 4.92. The molecule has 0 aromatic heterocycles. The van der Waals surface area contributed by atoms with E-state index in [-0.39, 0.29) is 5.56 Å². The van der Waals surface area contributed by atoms with Gasteiger partial charge in [-0.2, -0.15) is 26.3 Å². The second-order valence-corrected chi connectivity index (χ2v) is 3.87. The number of benzene rings is 1. The number of amides is 1. The maximum Gasteiger partial charge on any atom is 0.439 e. The molecule has 0 saturated carbocycles. The van der Waals surface area contributed by atoms with Crippen molar-refractivity contribution >= 4 is 11.6 Å². The summed E-state index contributed by atoms with van der Waals surface area (Å²) in [6, 6.07) is 4.64. The molecule has 19 heavy (non-hydrogen) atoms. The molecule has 9 heteroatoms. The molecule has 2 N–H and O–H groups in total. The lowest BCUT2D eigenvalue weighted by Gasteiger charge is -2.41. The number of anilines is 1. The molecule has 0 aliphatic carbocycles. The Kier molecular flexibility index (Phi) is 2.69. The molecule has 104 valence electrons. The van der Waals surface area contributed by atoms with Gasteiger partial charge in [0.1, 0.15) is 0 Å². The summed E-state index contributed by atoms with van der Waals surface area (Å²) >= 11 is 0. The van der Waals surface area contributed by atoms with Crippen molar-refractivity contribution in [3.63, 3.8) is 0 Å². The van der Waals surface area contributed by atoms with E-state index in [2.05, 4.69) is 0 Å². The Morgan fingerprint density at radius 1 is 0.895 bits per heavy atom. The first kappa shape index (κ1) is 13.5. The quantitative estimate of drug-likeness (QED) is 0.719. The highest BCUT2D eigenvalue weighted by Gasteiger charge is 2.73. The predicted molar refractivity (Wildman–Crippen MR) is 52.4 cm³/mol. The molecular weight excluding hydrogens is 278 g/mol. The van der Waals surface area contributed by atoms with Crippen molar-refractivity contribution in [2.24, 2.45) is 0 Å². The lowest BCUT2D eigenvalue weighted by Crippen LogP contribution is -2.73. The maximum absolute atomic E-state index is 12.8. The molecule has 2 rings (SSSR count). The van der Waals surface area contributed by atoms with Crippen molar-refractivity contribution < 1.29 is 31.1 Å². The minimum Gasteiger partial charge on any atom is -0.347 e. The summed E-state index contributed by atoms with van der Waals surface area (Å²) in [6.07, 6.45) is -11.5. The number of carbonyl (C=O) groups excluding carboxylic acids is 1. The van der Waals surface area contributed by atoms with Crippen LogP contribution in [-0.2, 0) is 0 Å². The summed E-state index contributed by atoms with van der Waals surface area (Å²) in [4.78, 5) is 11.4. The minimum atomic E-state index is -5.74. The zero-order valence-corrected chi connectivity index (χ0v) is 8.99. The van der Waals surface area contributed by atoms with Gasteiger partial charge in [0.15, 0.2) is 0 Å². The van der Waals surface area contributed by atoms with Crippen LogP contribution in [0.4, 0.5) is 32.0 Å². The average molecular weight is 284 g/mol. The van der Waals surface area contributed by atoms with E-state index >= 15 is 0 Å². The highest BCUT2D eigenvalue weighted by Crippen LogP contribution is 2.45.